The van der Waals surface area contributed by atoms with Gasteiger partial charge in [-0.05, 0) is 36.4 Å². The molecular formula is C20H18N6O. The molecule has 0 aliphatic carbocycles. The summed E-state index contributed by atoms with van der Waals surface area (Å²) < 4.78 is 0. The highest BCUT2D eigenvalue weighted by Gasteiger charge is 2.09. The molecule has 0 aliphatic rings. The Hall–Kier alpha value is -3.74. The zero-order valence-corrected chi connectivity index (χ0v) is 15.0. The number of amides is 1. The van der Waals surface area contributed by atoms with E-state index in [1.54, 1.807) is 43.7 Å². The first-order chi connectivity index (χ1) is 13.1. The van der Waals surface area contributed by atoms with Crippen LogP contribution in [0.3, 0.4) is 0 Å². The van der Waals surface area contributed by atoms with Crippen molar-refractivity contribution in [2.75, 3.05) is 19.4 Å². The van der Waals surface area contributed by atoms with Gasteiger partial charge in [-0.2, -0.15) is 0 Å². The standard InChI is InChI=1S/C20H18N6O/c1-26(2)19(27)14-4-3-5-15(10-14)24-20-21-9-8-16(25-20)13-6-7-17-18(11-13)23-12-22-17/h3-12H,1-2H3,(H,22,23)(H,21,24,25). The van der Waals surface area contributed by atoms with Gasteiger partial charge in [-0.25, -0.2) is 15.0 Å². The van der Waals surface area contributed by atoms with Gasteiger partial charge in [-0.3, -0.25) is 4.79 Å². The van der Waals surface area contributed by atoms with Gasteiger partial charge in [0.15, 0.2) is 0 Å². The number of benzene rings is 2. The van der Waals surface area contributed by atoms with Crippen molar-refractivity contribution in [2.45, 2.75) is 0 Å². The van der Waals surface area contributed by atoms with Crippen LogP contribution in [0.15, 0.2) is 61.1 Å². The van der Waals surface area contributed by atoms with Crippen molar-refractivity contribution in [3.63, 3.8) is 0 Å². The quantitative estimate of drug-likeness (QED) is 0.583. The maximum absolute atomic E-state index is 12.1. The van der Waals surface area contributed by atoms with Crippen LogP contribution in [0.1, 0.15) is 10.4 Å². The Kier molecular flexibility index (Phi) is 4.25. The lowest BCUT2D eigenvalue weighted by molar-refractivity contribution is 0.0827. The second-order valence-corrected chi connectivity index (χ2v) is 6.31. The minimum atomic E-state index is -0.0550. The Balaban J connectivity index is 1.61. The van der Waals surface area contributed by atoms with E-state index in [-0.39, 0.29) is 5.91 Å². The monoisotopic (exact) mass is 358 g/mol. The van der Waals surface area contributed by atoms with Gasteiger partial charge in [-0.1, -0.05) is 12.1 Å². The largest absolute Gasteiger partial charge is 0.345 e. The van der Waals surface area contributed by atoms with E-state index in [0.29, 0.717) is 11.5 Å². The highest BCUT2D eigenvalue weighted by atomic mass is 16.2. The van der Waals surface area contributed by atoms with Crippen molar-refractivity contribution < 1.29 is 4.79 Å². The van der Waals surface area contributed by atoms with E-state index in [2.05, 4.69) is 25.3 Å². The van der Waals surface area contributed by atoms with E-state index in [4.69, 9.17) is 0 Å². The number of hydrogen-bond donors (Lipinski definition) is 2. The van der Waals surface area contributed by atoms with Gasteiger partial charge < -0.3 is 15.2 Å². The number of aromatic nitrogens is 4. The number of carbonyl (C=O) groups is 1. The molecule has 0 atom stereocenters. The summed E-state index contributed by atoms with van der Waals surface area (Å²) in [6, 6.07) is 15.1. The van der Waals surface area contributed by atoms with Crippen LogP contribution in [0.4, 0.5) is 11.6 Å². The lowest BCUT2D eigenvalue weighted by Crippen LogP contribution is -2.21. The number of imidazole rings is 1. The van der Waals surface area contributed by atoms with Crippen LogP contribution >= 0.6 is 0 Å². The van der Waals surface area contributed by atoms with Crippen molar-refractivity contribution in [1.29, 1.82) is 0 Å². The number of rotatable bonds is 4. The van der Waals surface area contributed by atoms with Gasteiger partial charge in [0, 0.05) is 37.1 Å². The van der Waals surface area contributed by atoms with Crippen LogP contribution < -0.4 is 5.32 Å². The Morgan fingerprint density at radius 2 is 1.96 bits per heavy atom. The molecule has 7 heteroatoms. The first kappa shape index (κ1) is 16.7. The third kappa shape index (κ3) is 3.48. The second-order valence-electron chi connectivity index (χ2n) is 6.31. The van der Waals surface area contributed by atoms with Gasteiger partial charge in [0.05, 0.1) is 23.1 Å². The van der Waals surface area contributed by atoms with Crippen molar-refractivity contribution in [1.82, 2.24) is 24.8 Å². The molecule has 0 aliphatic heterocycles. The van der Waals surface area contributed by atoms with Crippen LogP contribution in [0.2, 0.25) is 0 Å². The van der Waals surface area contributed by atoms with E-state index in [9.17, 15) is 4.79 Å². The maximum atomic E-state index is 12.1. The lowest BCUT2D eigenvalue weighted by Gasteiger charge is -2.12. The molecule has 134 valence electrons. The molecule has 2 aromatic carbocycles. The summed E-state index contributed by atoms with van der Waals surface area (Å²) in [6.07, 6.45) is 3.37. The van der Waals surface area contributed by atoms with Crippen LogP contribution in [-0.4, -0.2) is 44.8 Å². The molecule has 0 saturated carbocycles. The summed E-state index contributed by atoms with van der Waals surface area (Å²) in [5.74, 6) is 0.407. The van der Waals surface area contributed by atoms with Crippen molar-refractivity contribution in [3.8, 4) is 11.3 Å². The molecule has 1 amide bonds. The lowest BCUT2D eigenvalue weighted by atomic mass is 10.1. The summed E-state index contributed by atoms with van der Waals surface area (Å²) in [5.41, 5.74) is 4.96. The van der Waals surface area contributed by atoms with E-state index < -0.39 is 0 Å². The van der Waals surface area contributed by atoms with Gasteiger partial charge in [0.2, 0.25) is 5.95 Å². The van der Waals surface area contributed by atoms with E-state index in [1.807, 2.05) is 36.4 Å². The van der Waals surface area contributed by atoms with Crippen LogP contribution in [0.5, 0.6) is 0 Å². The number of carbonyl (C=O) groups excluding carboxylic acids is 1. The first-order valence-corrected chi connectivity index (χ1v) is 8.45. The minimum Gasteiger partial charge on any atom is -0.345 e. The average Bonchev–Trinajstić information content (AvgIpc) is 3.15. The van der Waals surface area contributed by atoms with Gasteiger partial charge in [0.25, 0.3) is 5.91 Å². The molecule has 4 aromatic rings. The molecule has 7 nitrogen and oxygen atoms in total. The zero-order chi connectivity index (χ0) is 18.8. The third-order valence-corrected chi connectivity index (χ3v) is 4.14. The third-order valence-electron chi connectivity index (χ3n) is 4.14. The molecule has 0 radical (unpaired) electrons. The molecule has 4 rings (SSSR count). The van der Waals surface area contributed by atoms with Crippen molar-refractivity contribution in [2.24, 2.45) is 0 Å². The van der Waals surface area contributed by atoms with Gasteiger partial charge >= 0.3 is 0 Å². The molecule has 2 N–H and O–H groups in total. The fourth-order valence-corrected chi connectivity index (χ4v) is 2.79. The smallest absolute Gasteiger partial charge is 0.253 e. The van der Waals surface area contributed by atoms with Gasteiger partial charge in [0.1, 0.15) is 0 Å². The minimum absolute atomic E-state index is 0.0550. The van der Waals surface area contributed by atoms with E-state index >= 15 is 0 Å². The molecule has 0 spiro atoms. The Labute approximate surface area is 156 Å². The molecule has 2 heterocycles. The molecule has 2 aromatic heterocycles. The number of aromatic amines is 1. The predicted octanol–water partition coefficient (Wildman–Crippen LogP) is 3.47. The Bertz CT molecular complexity index is 1120. The second kappa shape index (κ2) is 6.87. The zero-order valence-electron chi connectivity index (χ0n) is 15.0. The van der Waals surface area contributed by atoms with Crippen LogP contribution in [0.25, 0.3) is 22.3 Å². The van der Waals surface area contributed by atoms with E-state index in [0.717, 1.165) is 28.0 Å². The summed E-state index contributed by atoms with van der Waals surface area (Å²) in [4.78, 5) is 29.9. The Morgan fingerprint density at radius 1 is 1.07 bits per heavy atom. The molecule has 27 heavy (non-hydrogen) atoms. The summed E-state index contributed by atoms with van der Waals surface area (Å²) in [7, 11) is 3.45. The Morgan fingerprint density at radius 3 is 2.81 bits per heavy atom. The first-order valence-electron chi connectivity index (χ1n) is 8.45. The summed E-state index contributed by atoms with van der Waals surface area (Å²) in [6.45, 7) is 0. The maximum Gasteiger partial charge on any atom is 0.253 e. The summed E-state index contributed by atoms with van der Waals surface area (Å²) >= 11 is 0. The molecule has 0 fully saturated rings. The highest BCUT2D eigenvalue weighted by molar-refractivity contribution is 5.94. The summed E-state index contributed by atoms with van der Waals surface area (Å²) in [5, 5.41) is 3.17. The van der Waals surface area contributed by atoms with Crippen molar-refractivity contribution >= 4 is 28.6 Å². The fraction of sp³-hybridized carbons (Fsp3) is 0.100. The molecule has 0 unspecified atom stereocenters. The molecule has 0 saturated heterocycles. The number of fused-ring (bicyclic) bond motifs is 1. The highest BCUT2D eigenvalue weighted by Crippen LogP contribution is 2.23. The topological polar surface area (TPSA) is 86.8 Å². The van der Waals surface area contributed by atoms with E-state index in [1.165, 1.54) is 0 Å². The normalized spacial score (nSPS) is 10.7. The van der Waals surface area contributed by atoms with Gasteiger partial charge in [-0.15, -0.1) is 0 Å². The van der Waals surface area contributed by atoms with Crippen LogP contribution in [0, 0.1) is 0 Å². The number of hydrogen-bond acceptors (Lipinski definition) is 5. The number of nitrogens with one attached hydrogen (secondary N) is 2. The molecule has 0 bridgehead atoms. The van der Waals surface area contributed by atoms with Crippen LogP contribution in [-0.2, 0) is 0 Å². The molecular weight excluding hydrogens is 340 g/mol. The van der Waals surface area contributed by atoms with Crippen molar-refractivity contribution in [3.05, 3.63) is 66.6 Å². The fourth-order valence-electron chi connectivity index (χ4n) is 2.79. The average molecular weight is 358 g/mol. The number of H-pyrrole nitrogens is 1. The number of anilines is 2. The predicted molar refractivity (Wildman–Crippen MR) is 105 cm³/mol. The SMILES string of the molecule is CN(C)C(=O)c1cccc(Nc2nccc(-c3ccc4[nH]cnc4c3)n2)c1. The number of nitrogens with zero attached hydrogens (tertiary/aromatic N) is 4.